The van der Waals surface area contributed by atoms with Crippen LogP contribution in [0.25, 0.3) is 99.5 Å². The molecule has 8 heteroatoms. The Morgan fingerprint density at radius 1 is 0.267 bits per heavy atom. The molecule has 0 bridgehead atoms. The van der Waals surface area contributed by atoms with Gasteiger partial charge in [0.25, 0.3) is 6.71 Å². The van der Waals surface area contributed by atoms with Crippen LogP contribution in [0.3, 0.4) is 0 Å². The van der Waals surface area contributed by atoms with Crippen LogP contribution in [0.1, 0.15) is 5.56 Å². The summed E-state index contributed by atoms with van der Waals surface area (Å²) in [5, 5.41) is 14.3. The summed E-state index contributed by atoms with van der Waals surface area (Å²) < 4.78 is 13.6. The quantitative estimate of drug-likeness (QED) is 0.107. The van der Waals surface area contributed by atoms with Gasteiger partial charge in [0.2, 0.25) is 0 Å². The minimum absolute atomic E-state index is 0.343. The van der Waals surface area contributed by atoms with Crippen molar-refractivity contribution in [3.8, 4) is 61.7 Å². The lowest BCUT2D eigenvalue weighted by molar-refractivity contribution is 0.663. The minimum atomic E-state index is -0.343. The van der Waals surface area contributed by atoms with Crippen molar-refractivity contribution < 1.29 is 8.83 Å². The molecule has 2 aliphatic heterocycles. The Morgan fingerprint density at radius 2 is 0.638 bits per heavy atom. The maximum Gasteiger partial charge on any atom is 0.252 e. The third kappa shape index (κ3) is 10.2. The van der Waals surface area contributed by atoms with Crippen LogP contribution in [-0.4, -0.2) is 6.71 Å². The smallest absolute Gasteiger partial charge is 0.252 e. The highest BCUT2D eigenvalue weighted by atomic mass is 16.3. The second-order valence-electron chi connectivity index (χ2n) is 26.9. The van der Waals surface area contributed by atoms with E-state index >= 15 is 0 Å². The van der Waals surface area contributed by atoms with E-state index in [0.717, 1.165) is 184 Å². The molecule has 0 N–H and O–H groups in total. The monoisotopic (exact) mass is 1340 g/mol. The summed E-state index contributed by atoms with van der Waals surface area (Å²) in [6, 6.07) is 138. The number of anilines is 12. The van der Waals surface area contributed by atoms with Crippen molar-refractivity contribution in [3.05, 3.63) is 382 Å². The van der Waals surface area contributed by atoms with E-state index in [1.807, 2.05) is 30.3 Å². The average Bonchev–Trinajstić information content (AvgIpc) is 1.16. The van der Waals surface area contributed by atoms with E-state index in [0.29, 0.717) is 5.56 Å². The highest BCUT2D eigenvalue weighted by Gasteiger charge is 2.46. The SMILES string of the molecule is N#Cc1ccc(N(c2ccccc2)c2ccc3c(c2)N(c2c(-c4ccccc4)cccc2-c2ccccc2)c2cc(-c4ccc5c(c4)oc4ccc6oc7ccccc7c6c45)cc4c2B3c2ccc(N(c3ccccc3)c3ccccc3)cc2N4c2c(-c3ccccc3)cccc2-c2ccccc2)cc1. The Morgan fingerprint density at radius 3 is 1.07 bits per heavy atom. The molecule has 0 saturated heterocycles. The lowest BCUT2D eigenvalue weighted by atomic mass is 9.33. The molecule has 0 amide bonds. The summed E-state index contributed by atoms with van der Waals surface area (Å²) in [5.41, 5.74) is 30.0. The van der Waals surface area contributed by atoms with Crippen molar-refractivity contribution in [2.24, 2.45) is 0 Å². The number of benzene rings is 16. The first-order valence-electron chi connectivity index (χ1n) is 35.6. The van der Waals surface area contributed by atoms with Crippen molar-refractivity contribution in [2.75, 3.05) is 19.6 Å². The zero-order chi connectivity index (χ0) is 69.5. The summed E-state index contributed by atoms with van der Waals surface area (Å²) in [6.45, 7) is -0.343. The Labute approximate surface area is 608 Å². The number of hydrogen-bond acceptors (Lipinski definition) is 7. The van der Waals surface area contributed by atoms with Crippen molar-refractivity contribution in [2.45, 2.75) is 0 Å². The largest absolute Gasteiger partial charge is 0.456 e. The number of nitriles is 1. The van der Waals surface area contributed by atoms with Crippen molar-refractivity contribution in [1.29, 1.82) is 5.26 Å². The Bertz CT molecular complexity index is 6250. The van der Waals surface area contributed by atoms with Gasteiger partial charge < -0.3 is 28.4 Å². The minimum Gasteiger partial charge on any atom is -0.456 e. The van der Waals surface area contributed by atoms with E-state index < -0.39 is 0 Å². The third-order valence-corrected chi connectivity index (χ3v) is 21.0. The number of para-hydroxylation sites is 6. The molecule has 20 rings (SSSR count). The van der Waals surface area contributed by atoms with Gasteiger partial charge in [-0.1, -0.05) is 249 Å². The summed E-state index contributed by atoms with van der Waals surface area (Å²) >= 11 is 0. The second-order valence-corrected chi connectivity index (χ2v) is 26.9. The van der Waals surface area contributed by atoms with Gasteiger partial charge in [-0.2, -0.15) is 5.26 Å². The summed E-state index contributed by atoms with van der Waals surface area (Å²) in [7, 11) is 0. The van der Waals surface area contributed by atoms with Crippen LogP contribution in [0.4, 0.5) is 68.2 Å². The Balaban J connectivity index is 0.951. The van der Waals surface area contributed by atoms with E-state index in [1.54, 1.807) is 0 Å². The molecule has 0 radical (unpaired) electrons. The number of rotatable bonds is 13. The average molecular weight is 1340 g/mol. The van der Waals surface area contributed by atoms with Gasteiger partial charge in [0, 0.05) is 101 Å². The number of nitrogens with zero attached hydrogens (tertiary/aromatic N) is 5. The molecule has 18 aromatic rings. The zero-order valence-electron chi connectivity index (χ0n) is 56.9. The predicted molar refractivity (Wildman–Crippen MR) is 436 cm³/mol. The molecule has 0 aliphatic carbocycles. The molecular weight excluding hydrogens is 1280 g/mol. The molecular formula is C97H62BN5O2. The number of fused-ring (bicyclic) bond motifs is 11. The maximum atomic E-state index is 10.2. The first kappa shape index (κ1) is 60.8. The van der Waals surface area contributed by atoms with Gasteiger partial charge in [0.1, 0.15) is 22.3 Å². The second kappa shape index (κ2) is 25.2. The number of hydrogen-bond donors (Lipinski definition) is 0. The predicted octanol–water partition coefficient (Wildman–Crippen LogP) is 24.7. The van der Waals surface area contributed by atoms with Gasteiger partial charge >= 0.3 is 0 Å². The lowest BCUT2D eigenvalue weighted by Gasteiger charge is -2.46. The van der Waals surface area contributed by atoms with Gasteiger partial charge in [-0.25, -0.2) is 0 Å². The molecule has 0 fully saturated rings. The molecule has 4 heterocycles. The van der Waals surface area contributed by atoms with Crippen LogP contribution in [0.5, 0.6) is 0 Å². The standard InChI is InChI=1S/C97H62BN5O2/c99-63-64-46-49-74(50-47-64)101(73-38-20-7-21-39-73)76-52-55-84-86(62-76)103(97-79(67-30-12-3-13-31-67)43-25-44-80(97)68-32-14-4-15-33-68)88-59-70(69-48-53-82-92(60-69)105-91-57-56-90-93(94(82)91)81-40-22-23-45-89(81)104-90)58-87-95(88)98(84)83-54-51-75(100(71-34-16-5-17-35-71)72-36-18-6-19-37-72)61-85(83)102(87)96-77(65-26-8-1-9-27-65)41-24-42-78(96)66-28-10-2-11-29-66/h1-62H. The fourth-order valence-electron chi connectivity index (χ4n) is 16.4. The molecule has 490 valence electrons. The molecule has 2 aromatic heterocycles. The third-order valence-electron chi connectivity index (χ3n) is 21.0. The molecule has 0 saturated carbocycles. The van der Waals surface area contributed by atoms with Crippen molar-refractivity contribution in [3.63, 3.8) is 0 Å². The van der Waals surface area contributed by atoms with E-state index in [-0.39, 0.29) is 6.71 Å². The molecule has 105 heavy (non-hydrogen) atoms. The normalized spacial score (nSPS) is 12.1. The van der Waals surface area contributed by atoms with Crippen molar-refractivity contribution >= 4 is 135 Å². The fraction of sp³-hybridized carbons (Fsp3) is 0. The maximum absolute atomic E-state index is 10.2. The van der Waals surface area contributed by atoms with E-state index in [4.69, 9.17) is 8.83 Å². The van der Waals surface area contributed by atoms with Crippen molar-refractivity contribution in [1.82, 2.24) is 0 Å². The molecule has 0 atom stereocenters. The first-order valence-corrected chi connectivity index (χ1v) is 35.6. The molecule has 0 unspecified atom stereocenters. The van der Waals surface area contributed by atoms with Gasteiger partial charge in [-0.05, 0) is 177 Å². The molecule has 0 spiro atoms. The lowest BCUT2D eigenvalue weighted by Crippen LogP contribution is -2.61. The highest BCUT2D eigenvalue weighted by Crippen LogP contribution is 2.56. The van der Waals surface area contributed by atoms with E-state index in [9.17, 15) is 5.26 Å². The van der Waals surface area contributed by atoms with Gasteiger partial charge in [0.15, 0.2) is 0 Å². The van der Waals surface area contributed by atoms with Crippen LogP contribution in [0, 0.1) is 11.3 Å². The topological polar surface area (TPSA) is 63.0 Å². The summed E-state index contributed by atoms with van der Waals surface area (Å²) in [6.07, 6.45) is 0. The van der Waals surface area contributed by atoms with E-state index in [2.05, 4.69) is 371 Å². The number of furan rings is 2. The summed E-state index contributed by atoms with van der Waals surface area (Å²) in [4.78, 5) is 9.93. The van der Waals surface area contributed by atoms with Crippen LogP contribution in [0.2, 0.25) is 0 Å². The Hall–Kier alpha value is -14.1. The summed E-state index contributed by atoms with van der Waals surface area (Å²) in [5.74, 6) is 0. The van der Waals surface area contributed by atoms with Gasteiger partial charge in [-0.3, -0.25) is 0 Å². The highest BCUT2D eigenvalue weighted by molar-refractivity contribution is 7.00. The van der Waals surface area contributed by atoms with Gasteiger partial charge in [-0.15, -0.1) is 0 Å². The van der Waals surface area contributed by atoms with Crippen LogP contribution < -0.4 is 36.0 Å². The molecule has 16 aromatic carbocycles. The van der Waals surface area contributed by atoms with Crippen LogP contribution >= 0.6 is 0 Å². The van der Waals surface area contributed by atoms with Gasteiger partial charge in [0.05, 0.1) is 23.0 Å². The Kier molecular flexibility index (Phi) is 14.6. The zero-order valence-corrected chi connectivity index (χ0v) is 56.9. The first-order chi connectivity index (χ1) is 52.1. The van der Waals surface area contributed by atoms with Crippen LogP contribution in [-0.2, 0) is 0 Å². The fourth-order valence-corrected chi connectivity index (χ4v) is 16.4. The molecule has 2 aliphatic rings. The van der Waals surface area contributed by atoms with E-state index in [1.165, 1.54) is 0 Å². The molecule has 7 nitrogen and oxygen atoms in total. The van der Waals surface area contributed by atoms with Crippen LogP contribution in [0.15, 0.2) is 385 Å².